The average Bonchev–Trinajstić information content (AvgIpc) is 2.40. The Morgan fingerprint density at radius 3 is 2.35 bits per heavy atom. The molecule has 0 radical (unpaired) electrons. The van der Waals surface area contributed by atoms with E-state index in [0.29, 0.717) is 0 Å². The summed E-state index contributed by atoms with van der Waals surface area (Å²) in [5.41, 5.74) is -0.440. The van der Waals surface area contributed by atoms with Gasteiger partial charge in [0.05, 0.1) is 4.90 Å². The third-order valence-corrected chi connectivity index (χ3v) is 3.81. The molecule has 0 aliphatic rings. The van der Waals surface area contributed by atoms with Crippen LogP contribution in [0.15, 0.2) is 29.2 Å². The molecule has 1 aromatic carbocycles. The number of benzene rings is 1. The third-order valence-electron chi connectivity index (χ3n) is 2.46. The molecule has 0 bridgehead atoms. The van der Waals surface area contributed by atoms with E-state index in [1.807, 2.05) is 0 Å². The maximum atomic E-state index is 11.9. The van der Waals surface area contributed by atoms with Gasteiger partial charge in [0.2, 0.25) is 0 Å². The zero-order valence-corrected chi connectivity index (χ0v) is 14.6. The molecule has 0 saturated carbocycles. The van der Waals surface area contributed by atoms with E-state index in [4.69, 9.17) is 15.4 Å². The second-order valence-electron chi connectivity index (χ2n) is 5.65. The fourth-order valence-electron chi connectivity index (χ4n) is 1.55. The lowest BCUT2D eigenvalue weighted by Crippen LogP contribution is -2.37. The molecule has 0 heterocycles. The predicted molar refractivity (Wildman–Crippen MR) is 86.1 cm³/mol. The van der Waals surface area contributed by atoms with E-state index in [9.17, 15) is 18.0 Å². The minimum Gasteiger partial charge on any atom is -0.444 e. The quantitative estimate of drug-likeness (QED) is 0.615. The Morgan fingerprint density at radius 2 is 1.78 bits per heavy atom. The van der Waals surface area contributed by atoms with Crippen molar-refractivity contribution < 1.29 is 22.7 Å². The predicted octanol–water partition coefficient (Wildman–Crippen LogP) is 1.87. The molecule has 0 spiro atoms. The van der Waals surface area contributed by atoms with E-state index in [2.05, 4.69) is 10.6 Å². The minimum absolute atomic E-state index is 0.154. The summed E-state index contributed by atoms with van der Waals surface area (Å²) in [5.74, 6) is -0.474. The number of ether oxygens (including phenoxy) is 1. The summed E-state index contributed by atoms with van der Waals surface area (Å²) in [5, 5.41) is 5.04. The molecule has 2 amide bonds. The molecule has 0 saturated heterocycles. The van der Waals surface area contributed by atoms with Gasteiger partial charge in [-0.15, -0.1) is 0 Å². The first-order valence-corrected chi connectivity index (χ1v) is 9.10. The zero-order valence-electron chi connectivity index (χ0n) is 13.1. The molecule has 0 aliphatic heterocycles. The summed E-state index contributed by atoms with van der Waals surface area (Å²) in [7, 11) is 1.33. The number of hydrogen-bond acceptors (Lipinski definition) is 5. The molecule has 0 atom stereocenters. The Balaban J connectivity index is 2.48. The highest BCUT2D eigenvalue weighted by Crippen LogP contribution is 2.16. The van der Waals surface area contributed by atoms with Crippen LogP contribution in [-0.4, -0.2) is 39.1 Å². The first kappa shape index (κ1) is 19.2. The fraction of sp³-hybridized carbons (Fsp3) is 0.429. The number of alkyl carbamates (subject to hydrolysis) is 1. The van der Waals surface area contributed by atoms with E-state index in [-0.39, 0.29) is 23.5 Å². The fourth-order valence-corrected chi connectivity index (χ4v) is 2.34. The highest BCUT2D eigenvalue weighted by Gasteiger charge is 2.16. The van der Waals surface area contributed by atoms with E-state index in [1.54, 1.807) is 20.8 Å². The molecule has 9 heteroatoms. The summed E-state index contributed by atoms with van der Waals surface area (Å²) in [4.78, 5) is 23.2. The molecule has 7 nitrogen and oxygen atoms in total. The van der Waals surface area contributed by atoms with Gasteiger partial charge in [-0.3, -0.25) is 4.79 Å². The smallest absolute Gasteiger partial charge is 0.407 e. The van der Waals surface area contributed by atoms with Crippen LogP contribution in [0, 0.1) is 0 Å². The number of amides is 2. The van der Waals surface area contributed by atoms with E-state index in [1.165, 1.54) is 24.3 Å². The van der Waals surface area contributed by atoms with Crippen LogP contribution in [0.1, 0.15) is 31.1 Å². The van der Waals surface area contributed by atoms with Crippen LogP contribution >= 0.6 is 10.7 Å². The Morgan fingerprint density at radius 1 is 1.17 bits per heavy atom. The minimum atomic E-state index is -3.89. The number of hydrogen-bond donors (Lipinski definition) is 2. The van der Waals surface area contributed by atoms with Crippen LogP contribution in [-0.2, 0) is 13.8 Å². The van der Waals surface area contributed by atoms with Gasteiger partial charge >= 0.3 is 6.09 Å². The molecule has 0 fully saturated rings. The second-order valence-corrected chi connectivity index (χ2v) is 8.22. The standard InChI is InChI=1S/C14H19ClN2O5S/c1-14(2,3)22-13(19)17-8-7-16-12(18)10-5-4-6-11(9-10)23(15,20)21/h4-6,9H,7-8H2,1-3H3,(H,16,18)(H,17,19). The lowest BCUT2D eigenvalue weighted by atomic mass is 10.2. The average molecular weight is 363 g/mol. The highest BCUT2D eigenvalue weighted by atomic mass is 35.7. The van der Waals surface area contributed by atoms with Crippen molar-refractivity contribution in [3.8, 4) is 0 Å². The topological polar surface area (TPSA) is 102 Å². The first-order valence-electron chi connectivity index (χ1n) is 6.79. The maximum absolute atomic E-state index is 11.9. The molecule has 0 aromatic heterocycles. The Labute approximate surface area is 139 Å². The van der Waals surface area contributed by atoms with Crippen molar-refractivity contribution in [2.24, 2.45) is 0 Å². The summed E-state index contributed by atoms with van der Waals surface area (Å²) < 4.78 is 27.5. The normalized spacial score (nSPS) is 11.7. The van der Waals surface area contributed by atoms with Crippen LogP contribution in [0.4, 0.5) is 4.79 Å². The zero-order chi connectivity index (χ0) is 17.7. The largest absolute Gasteiger partial charge is 0.444 e. The Kier molecular flexibility index (Phi) is 6.40. The van der Waals surface area contributed by atoms with Gasteiger partial charge < -0.3 is 15.4 Å². The molecule has 128 valence electrons. The van der Waals surface area contributed by atoms with Crippen molar-refractivity contribution in [1.29, 1.82) is 0 Å². The molecular weight excluding hydrogens is 344 g/mol. The number of carbonyl (C=O) groups excluding carboxylic acids is 2. The van der Waals surface area contributed by atoms with Gasteiger partial charge in [0.25, 0.3) is 15.0 Å². The second kappa shape index (κ2) is 7.65. The summed E-state index contributed by atoms with van der Waals surface area (Å²) >= 11 is 0. The molecule has 2 N–H and O–H groups in total. The molecular formula is C14H19ClN2O5S. The number of rotatable bonds is 5. The van der Waals surface area contributed by atoms with E-state index >= 15 is 0 Å². The number of nitrogens with one attached hydrogen (secondary N) is 2. The van der Waals surface area contributed by atoms with Gasteiger partial charge in [-0.2, -0.15) is 0 Å². The van der Waals surface area contributed by atoms with Crippen LogP contribution in [0.5, 0.6) is 0 Å². The Hall–Kier alpha value is -1.80. The van der Waals surface area contributed by atoms with Gasteiger partial charge in [-0.1, -0.05) is 6.07 Å². The first-order chi connectivity index (χ1) is 10.5. The van der Waals surface area contributed by atoms with Gasteiger partial charge in [0.1, 0.15) is 5.60 Å². The van der Waals surface area contributed by atoms with Gasteiger partial charge in [0, 0.05) is 29.3 Å². The van der Waals surface area contributed by atoms with Crippen LogP contribution in [0.3, 0.4) is 0 Å². The van der Waals surface area contributed by atoms with Gasteiger partial charge in [0.15, 0.2) is 0 Å². The van der Waals surface area contributed by atoms with E-state index in [0.717, 1.165) is 0 Å². The summed E-state index contributed by atoms with van der Waals surface area (Å²) in [6, 6.07) is 5.35. The summed E-state index contributed by atoms with van der Waals surface area (Å²) in [6.45, 7) is 5.56. The highest BCUT2D eigenvalue weighted by molar-refractivity contribution is 8.13. The third kappa shape index (κ3) is 7.34. The van der Waals surface area contributed by atoms with Gasteiger partial charge in [-0.05, 0) is 39.0 Å². The molecule has 1 rings (SSSR count). The number of halogens is 1. The van der Waals surface area contributed by atoms with Crippen molar-refractivity contribution in [3.05, 3.63) is 29.8 Å². The lowest BCUT2D eigenvalue weighted by Gasteiger charge is -2.19. The van der Waals surface area contributed by atoms with Crippen molar-refractivity contribution in [1.82, 2.24) is 10.6 Å². The molecule has 0 aliphatic carbocycles. The van der Waals surface area contributed by atoms with Crippen LogP contribution in [0.25, 0.3) is 0 Å². The molecule has 1 aromatic rings. The molecule has 0 unspecified atom stereocenters. The van der Waals surface area contributed by atoms with E-state index < -0.39 is 26.7 Å². The lowest BCUT2D eigenvalue weighted by molar-refractivity contribution is 0.0526. The van der Waals surface area contributed by atoms with Crippen molar-refractivity contribution in [2.45, 2.75) is 31.3 Å². The molecule has 23 heavy (non-hydrogen) atoms. The Bertz CT molecular complexity index is 683. The van der Waals surface area contributed by atoms with Crippen LogP contribution < -0.4 is 10.6 Å². The monoisotopic (exact) mass is 362 g/mol. The van der Waals surface area contributed by atoms with Crippen molar-refractivity contribution >= 4 is 31.7 Å². The summed E-state index contributed by atoms with van der Waals surface area (Å²) in [6.07, 6.45) is -0.582. The maximum Gasteiger partial charge on any atom is 0.407 e. The number of carbonyl (C=O) groups is 2. The van der Waals surface area contributed by atoms with Crippen molar-refractivity contribution in [2.75, 3.05) is 13.1 Å². The van der Waals surface area contributed by atoms with Crippen LogP contribution in [0.2, 0.25) is 0 Å². The SMILES string of the molecule is CC(C)(C)OC(=O)NCCNC(=O)c1cccc(S(=O)(=O)Cl)c1. The van der Waals surface area contributed by atoms with Gasteiger partial charge in [-0.25, -0.2) is 13.2 Å². The van der Waals surface area contributed by atoms with Crippen molar-refractivity contribution in [3.63, 3.8) is 0 Å².